The summed E-state index contributed by atoms with van der Waals surface area (Å²) in [6.07, 6.45) is 1.08. The van der Waals surface area contributed by atoms with Crippen molar-refractivity contribution >= 4 is 11.7 Å². The number of piperidine rings is 1. The summed E-state index contributed by atoms with van der Waals surface area (Å²) >= 11 is 0. The van der Waals surface area contributed by atoms with Gasteiger partial charge in [-0.25, -0.2) is 4.79 Å². The summed E-state index contributed by atoms with van der Waals surface area (Å²) in [6, 6.07) is 19.0. The maximum Gasteiger partial charge on any atom is 0.339 e. The third kappa shape index (κ3) is 6.13. The van der Waals surface area contributed by atoms with Gasteiger partial charge in [0.1, 0.15) is 22.7 Å². The Labute approximate surface area is 236 Å². The predicted octanol–water partition coefficient (Wildman–Crippen LogP) is 6.00. The number of anilines is 1. The van der Waals surface area contributed by atoms with Crippen molar-refractivity contribution in [1.82, 2.24) is 4.98 Å². The van der Waals surface area contributed by atoms with Crippen molar-refractivity contribution in [2.24, 2.45) is 11.5 Å². The smallest absolute Gasteiger partial charge is 0.339 e. The summed E-state index contributed by atoms with van der Waals surface area (Å²) in [5.74, 6) is -4.30. The van der Waals surface area contributed by atoms with Crippen LogP contribution in [0.1, 0.15) is 34.3 Å². The van der Waals surface area contributed by atoms with Gasteiger partial charge in [0.25, 0.3) is 11.8 Å². The van der Waals surface area contributed by atoms with Crippen LogP contribution in [0.5, 0.6) is 23.3 Å². The van der Waals surface area contributed by atoms with Crippen molar-refractivity contribution in [3.05, 3.63) is 95.1 Å². The van der Waals surface area contributed by atoms with Crippen molar-refractivity contribution < 1.29 is 28.2 Å². The van der Waals surface area contributed by atoms with Crippen molar-refractivity contribution in [2.75, 3.05) is 18.0 Å². The lowest BCUT2D eigenvalue weighted by atomic mass is 10.0. The van der Waals surface area contributed by atoms with Gasteiger partial charge < -0.3 is 30.9 Å². The molecule has 1 aliphatic rings. The molecule has 1 fully saturated rings. The van der Waals surface area contributed by atoms with Gasteiger partial charge in [0.05, 0.1) is 0 Å². The van der Waals surface area contributed by atoms with Crippen LogP contribution in [0.2, 0.25) is 0 Å². The highest BCUT2D eigenvalue weighted by atomic mass is 19.1. The average Bonchev–Trinajstić information content (AvgIpc) is 2.96. The molecule has 4 aromatic rings. The number of aromatic nitrogens is 1. The van der Waals surface area contributed by atoms with Gasteiger partial charge in [-0.15, -0.1) is 0 Å². The number of aromatic carboxylic acids is 1. The maximum absolute atomic E-state index is 15.9. The molecule has 5 N–H and O–H groups in total. The first-order chi connectivity index (χ1) is 19.7. The Morgan fingerprint density at radius 2 is 1.63 bits per heavy atom. The Kier molecular flexibility index (Phi) is 8.14. The minimum Gasteiger partial charge on any atom is -0.478 e. The molecule has 2 heterocycles. The molecule has 212 valence electrons. The van der Waals surface area contributed by atoms with E-state index in [0.29, 0.717) is 38.0 Å². The zero-order chi connectivity index (χ0) is 29.1. The van der Waals surface area contributed by atoms with Gasteiger partial charge in [0, 0.05) is 25.7 Å². The molecule has 1 aliphatic heterocycles. The molecule has 1 saturated heterocycles. The molecule has 0 atom stereocenters. The number of nitrogens with zero attached hydrogens (tertiary/aromatic N) is 2. The van der Waals surface area contributed by atoms with Crippen LogP contribution >= 0.6 is 0 Å². The van der Waals surface area contributed by atoms with Crippen molar-refractivity contribution in [2.45, 2.75) is 32.4 Å². The first-order valence-electron chi connectivity index (χ1n) is 13.2. The number of halogens is 2. The van der Waals surface area contributed by atoms with Crippen molar-refractivity contribution in [3.8, 4) is 34.4 Å². The molecule has 10 heteroatoms. The van der Waals surface area contributed by atoms with Crippen LogP contribution in [-0.2, 0) is 6.54 Å². The predicted molar refractivity (Wildman–Crippen MR) is 152 cm³/mol. The van der Waals surface area contributed by atoms with Crippen LogP contribution in [0.4, 0.5) is 14.5 Å². The monoisotopic (exact) mass is 560 g/mol. The molecule has 5 rings (SSSR count). The van der Waals surface area contributed by atoms with E-state index in [2.05, 4.69) is 4.98 Å². The number of pyridine rings is 1. The number of carboxylic acids is 1. The summed E-state index contributed by atoms with van der Waals surface area (Å²) in [7, 11) is 0. The Hall–Kier alpha value is -4.54. The number of hydrogen-bond acceptors (Lipinski definition) is 7. The summed E-state index contributed by atoms with van der Waals surface area (Å²) < 4.78 is 43.4. The summed E-state index contributed by atoms with van der Waals surface area (Å²) in [5.41, 5.74) is 14.6. The number of rotatable bonds is 8. The van der Waals surface area contributed by atoms with E-state index in [1.165, 1.54) is 12.1 Å². The zero-order valence-electron chi connectivity index (χ0n) is 22.4. The van der Waals surface area contributed by atoms with Crippen molar-refractivity contribution in [3.63, 3.8) is 0 Å². The van der Waals surface area contributed by atoms with Gasteiger partial charge >= 0.3 is 5.97 Å². The highest BCUT2D eigenvalue weighted by Gasteiger charge is 2.30. The molecule has 0 bridgehead atoms. The van der Waals surface area contributed by atoms with Crippen LogP contribution in [0, 0.1) is 18.6 Å². The zero-order valence-corrected chi connectivity index (χ0v) is 22.4. The largest absolute Gasteiger partial charge is 0.478 e. The maximum atomic E-state index is 15.9. The first kappa shape index (κ1) is 28.0. The molecule has 0 amide bonds. The van der Waals surface area contributed by atoms with Crippen LogP contribution < -0.4 is 25.8 Å². The fourth-order valence-electron chi connectivity index (χ4n) is 4.75. The van der Waals surface area contributed by atoms with E-state index in [4.69, 9.17) is 20.9 Å². The molecular formula is C31H30F2N4O4. The van der Waals surface area contributed by atoms with E-state index in [0.717, 1.165) is 16.7 Å². The number of ether oxygens (including phenoxy) is 2. The standard InChI is InChI=1S/C31H30F2N4O4/c1-18-8-9-24(31(38)39)25(14-18)41-30-27(33)28(37-12-10-22(35)11-13-37)26(32)29(36-30)40-23-7-3-6-21(16-23)20-5-2-4-19(15-20)17-34/h2-9,14-16,22H,10-13,17,34-35H2,1H3,(H,38,39). The van der Waals surface area contributed by atoms with Gasteiger partial charge in [-0.05, 0) is 72.4 Å². The minimum atomic E-state index is -1.26. The van der Waals surface area contributed by atoms with Crippen LogP contribution in [0.25, 0.3) is 11.1 Å². The van der Waals surface area contributed by atoms with Gasteiger partial charge in [0.15, 0.2) is 0 Å². The second kappa shape index (κ2) is 11.9. The summed E-state index contributed by atoms with van der Waals surface area (Å²) in [6.45, 7) is 2.75. The quantitative estimate of drug-likeness (QED) is 0.240. The molecule has 0 aliphatic carbocycles. The minimum absolute atomic E-state index is 0.0726. The second-order valence-corrected chi connectivity index (χ2v) is 9.96. The molecule has 3 aromatic carbocycles. The Balaban J connectivity index is 1.57. The number of carbonyl (C=O) groups is 1. The molecule has 0 radical (unpaired) electrons. The molecular weight excluding hydrogens is 530 g/mol. The molecule has 8 nitrogen and oxygen atoms in total. The number of aryl methyl sites for hydroxylation is 1. The van der Waals surface area contributed by atoms with Gasteiger partial charge in [0.2, 0.25) is 11.6 Å². The molecule has 0 saturated carbocycles. The van der Waals surface area contributed by atoms with Gasteiger partial charge in [-0.2, -0.15) is 13.8 Å². The van der Waals surface area contributed by atoms with E-state index >= 15 is 8.78 Å². The molecule has 1 aromatic heterocycles. The fraction of sp³-hybridized carbons (Fsp3) is 0.226. The second-order valence-electron chi connectivity index (χ2n) is 9.96. The fourth-order valence-corrected chi connectivity index (χ4v) is 4.75. The lowest BCUT2D eigenvalue weighted by Gasteiger charge is -2.32. The average molecular weight is 561 g/mol. The Morgan fingerprint density at radius 3 is 2.32 bits per heavy atom. The number of nitrogens with two attached hydrogens (primary N) is 2. The number of carboxylic acid groups (broad SMARTS) is 1. The van der Waals surface area contributed by atoms with Gasteiger partial charge in [-0.1, -0.05) is 36.4 Å². The van der Waals surface area contributed by atoms with Gasteiger partial charge in [-0.3, -0.25) is 0 Å². The lowest BCUT2D eigenvalue weighted by molar-refractivity contribution is 0.0694. The summed E-state index contributed by atoms with van der Waals surface area (Å²) in [4.78, 5) is 17.4. The highest BCUT2D eigenvalue weighted by molar-refractivity contribution is 5.91. The van der Waals surface area contributed by atoms with Crippen LogP contribution in [-0.4, -0.2) is 35.2 Å². The number of hydrogen-bond donors (Lipinski definition) is 3. The van der Waals surface area contributed by atoms with E-state index in [1.807, 2.05) is 30.3 Å². The molecule has 41 heavy (non-hydrogen) atoms. The SMILES string of the molecule is Cc1ccc(C(=O)O)c(Oc2nc(Oc3cccc(-c4cccc(CN)c4)c3)c(F)c(N3CCC(N)CC3)c2F)c1. The third-order valence-electron chi connectivity index (χ3n) is 6.97. The van der Waals surface area contributed by atoms with E-state index in [9.17, 15) is 9.90 Å². The van der Waals surface area contributed by atoms with E-state index in [-0.39, 0.29) is 28.8 Å². The summed E-state index contributed by atoms with van der Waals surface area (Å²) in [5, 5.41) is 9.63. The third-order valence-corrected chi connectivity index (χ3v) is 6.97. The Morgan fingerprint density at radius 1 is 0.976 bits per heavy atom. The molecule has 0 spiro atoms. The van der Waals surface area contributed by atoms with E-state index in [1.54, 1.807) is 36.1 Å². The van der Waals surface area contributed by atoms with Crippen LogP contribution in [0.3, 0.4) is 0 Å². The Bertz CT molecular complexity index is 1590. The topological polar surface area (TPSA) is 124 Å². The van der Waals surface area contributed by atoms with E-state index < -0.39 is 29.4 Å². The van der Waals surface area contributed by atoms with Crippen molar-refractivity contribution in [1.29, 1.82) is 0 Å². The number of benzene rings is 3. The molecule has 0 unspecified atom stereocenters. The normalized spacial score (nSPS) is 13.7. The highest BCUT2D eigenvalue weighted by Crippen LogP contribution is 2.40. The lowest BCUT2D eigenvalue weighted by Crippen LogP contribution is -2.40. The first-order valence-corrected chi connectivity index (χ1v) is 13.2. The van der Waals surface area contributed by atoms with Crippen LogP contribution in [0.15, 0.2) is 66.7 Å².